The van der Waals surface area contributed by atoms with Crippen LogP contribution in [0.4, 0.5) is 14.4 Å². The maximum atomic E-state index is 14.1. The van der Waals surface area contributed by atoms with Crippen molar-refractivity contribution in [1.82, 2.24) is 15.3 Å². The zero-order valence-electron chi connectivity index (χ0n) is 23.3. The number of rotatable bonds is 6. The monoisotopic (exact) mass is 539 g/mol. The van der Waals surface area contributed by atoms with E-state index in [4.69, 9.17) is 14.2 Å². The number of nitrogens with zero attached hydrogens (tertiary/aromatic N) is 2. The van der Waals surface area contributed by atoms with E-state index in [1.165, 1.54) is 0 Å². The molecule has 1 fully saturated rings. The maximum Gasteiger partial charge on any atom is 0.430 e. The summed E-state index contributed by atoms with van der Waals surface area (Å²) in [5.41, 5.74) is 2.20. The summed E-state index contributed by atoms with van der Waals surface area (Å²) in [7, 11) is 0. The summed E-state index contributed by atoms with van der Waals surface area (Å²) in [6.07, 6.45) is -2.40. The van der Waals surface area contributed by atoms with Gasteiger partial charge in [0.05, 0.1) is 6.04 Å². The molecule has 10 heteroatoms. The predicted octanol–water partition coefficient (Wildman–Crippen LogP) is 4.86. The predicted molar refractivity (Wildman–Crippen MR) is 144 cm³/mol. The number of amides is 4. The van der Waals surface area contributed by atoms with Crippen LogP contribution in [0.2, 0.25) is 0 Å². The van der Waals surface area contributed by atoms with E-state index < -0.39 is 47.5 Å². The van der Waals surface area contributed by atoms with Crippen LogP contribution >= 0.6 is 0 Å². The third-order valence-corrected chi connectivity index (χ3v) is 5.58. The molecule has 0 aliphatic carbocycles. The van der Waals surface area contributed by atoms with Gasteiger partial charge >= 0.3 is 18.3 Å². The van der Waals surface area contributed by atoms with Crippen LogP contribution in [0.15, 0.2) is 60.7 Å². The second-order valence-corrected chi connectivity index (χ2v) is 11.3. The molecule has 0 unspecified atom stereocenters. The van der Waals surface area contributed by atoms with Gasteiger partial charge in [0.2, 0.25) is 0 Å². The molecule has 1 N–H and O–H groups in total. The molecule has 0 saturated carbocycles. The van der Waals surface area contributed by atoms with Crippen LogP contribution in [0.25, 0.3) is 0 Å². The fraction of sp³-hybridized carbons (Fsp3) is 0.448. The van der Waals surface area contributed by atoms with Crippen molar-refractivity contribution in [2.45, 2.75) is 77.7 Å². The lowest BCUT2D eigenvalue weighted by molar-refractivity contribution is -0.136. The Labute approximate surface area is 229 Å². The van der Waals surface area contributed by atoms with E-state index in [0.29, 0.717) is 12.0 Å². The average Bonchev–Trinajstić information content (AvgIpc) is 3.19. The van der Waals surface area contributed by atoms with Gasteiger partial charge in [-0.05, 0) is 59.1 Å². The average molecular weight is 540 g/mol. The van der Waals surface area contributed by atoms with E-state index in [1.54, 1.807) is 65.8 Å². The Morgan fingerprint density at radius 1 is 0.923 bits per heavy atom. The van der Waals surface area contributed by atoms with Crippen LogP contribution in [-0.2, 0) is 31.8 Å². The summed E-state index contributed by atoms with van der Waals surface area (Å²) in [6.45, 7) is 10.0. The van der Waals surface area contributed by atoms with Crippen LogP contribution in [0.5, 0.6) is 0 Å². The minimum Gasteiger partial charge on any atom is -0.447 e. The number of carbonyl (C=O) groups is 4. The van der Waals surface area contributed by atoms with Gasteiger partial charge in [-0.1, -0.05) is 60.7 Å². The second-order valence-electron chi connectivity index (χ2n) is 11.3. The highest BCUT2D eigenvalue weighted by molar-refractivity contribution is 5.98. The smallest absolute Gasteiger partial charge is 0.430 e. The van der Waals surface area contributed by atoms with Crippen LogP contribution < -0.4 is 5.43 Å². The van der Waals surface area contributed by atoms with Crippen LogP contribution in [0.3, 0.4) is 0 Å². The molecule has 0 bridgehead atoms. The topological polar surface area (TPSA) is 114 Å². The fourth-order valence-corrected chi connectivity index (χ4v) is 4.02. The van der Waals surface area contributed by atoms with Gasteiger partial charge < -0.3 is 14.2 Å². The van der Waals surface area contributed by atoms with E-state index in [0.717, 1.165) is 15.5 Å². The fourth-order valence-electron chi connectivity index (χ4n) is 4.02. The number of cyclic esters (lactones) is 1. The molecular weight excluding hydrogens is 502 g/mol. The number of hydrazine groups is 1. The molecule has 1 saturated heterocycles. The molecule has 1 aliphatic heterocycles. The van der Waals surface area contributed by atoms with Crippen molar-refractivity contribution in [3.05, 3.63) is 71.8 Å². The van der Waals surface area contributed by atoms with Gasteiger partial charge in [0.1, 0.15) is 23.9 Å². The molecule has 2 aromatic carbocycles. The summed E-state index contributed by atoms with van der Waals surface area (Å²) in [5, 5.41) is 0.805. The lowest BCUT2D eigenvalue weighted by Gasteiger charge is -2.35. The molecule has 1 heterocycles. The molecule has 0 aromatic heterocycles. The van der Waals surface area contributed by atoms with Crippen molar-refractivity contribution >= 4 is 24.2 Å². The van der Waals surface area contributed by atoms with Crippen molar-refractivity contribution in [3.8, 4) is 0 Å². The van der Waals surface area contributed by atoms with Crippen molar-refractivity contribution in [2.24, 2.45) is 0 Å². The first-order valence-electron chi connectivity index (χ1n) is 12.8. The highest BCUT2D eigenvalue weighted by atomic mass is 16.6. The molecule has 39 heavy (non-hydrogen) atoms. The van der Waals surface area contributed by atoms with E-state index in [1.807, 2.05) is 36.4 Å². The van der Waals surface area contributed by atoms with Gasteiger partial charge in [-0.15, -0.1) is 0 Å². The molecule has 2 aromatic rings. The number of carbonyl (C=O) groups excluding carboxylic acids is 4. The molecule has 3 rings (SSSR count). The molecule has 10 nitrogen and oxygen atoms in total. The Kier molecular flexibility index (Phi) is 9.21. The molecule has 0 radical (unpaired) electrons. The van der Waals surface area contributed by atoms with Crippen LogP contribution in [0, 0.1) is 0 Å². The van der Waals surface area contributed by atoms with Crippen molar-refractivity contribution in [2.75, 3.05) is 6.61 Å². The molecule has 4 amide bonds. The van der Waals surface area contributed by atoms with Gasteiger partial charge in [-0.3, -0.25) is 4.79 Å². The Morgan fingerprint density at radius 2 is 1.46 bits per heavy atom. The zero-order chi connectivity index (χ0) is 28.8. The summed E-state index contributed by atoms with van der Waals surface area (Å²) in [4.78, 5) is 54.2. The van der Waals surface area contributed by atoms with E-state index in [2.05, 4.69) is 5.43 Å². The van der Waals surface area contributed by atoms with Gasteiger partial charge in [-0.2, -0.15) is 0 Å². The normalized spacial score (nSPS) is 16.2. The third-order valence-electron chi connectivity index (χ3n) is 5.58. The Bertz CT molecular complexity index is 1160. The van der Waals surface area contributed by atoms with Crippen molar-refractivity contribution in [1.29, 1.82) is 0 Å². The van der Waals surface area contributed by atoms with E-state index in [-0.39, 0.29) is 13.0 Å². The quantitative estimate of drug-likeness (QED) is 0.412. The number of hydrogen-bond acceptors (Lipinski definition) is 7. The summed E-state index contributed by atoms with van der Waals surface area (Å²) in [6, 6.07) is 16.4. The van der Waals surface area contributed by atoms with Crippen molar-refractivity contribution in [3.63, 3.8) is 0 Å². The molecule has 210 valence electrons. The van der Waals surface area contributed by atoms with Gasteiger partial charge in [0.25, 0.3) is 5.91 Å². The Balaban J connectivity index is 2.00. The second kappa shape index (κ2) is 12.2. The molecule has 2 atom stereocenters. The maximum absolute atomic E-state index is 14.1. The summed E-state index contributed by atoms with van der Waals surface area (Å²) in [5.74, 6) is -0.718. The van der Waals surface area contributed by atoms with Gasteiger partial charge in [0.15, 0.2) is 0 Å². The number of ether oxygens (including phenoxy) is 3. The first-order valence-corrected chi connectivity index (χ1v) is 12.8. The van der Waals surface area contributed by atoms with E-state index in [9.17, 15) is 19.2 Å². The highest BCUT2D eigenvalue weighted by Crippen LogP contribution is 2.23. The van der Waals surface area contributed by atoms with Crippen LogP contribution in [-0.4, -0.2) is 64.0 Å². The summed E-state index contributed by atoms with van der Waals surface area (Å²) < 4.78 is 16.2. The Hall–Kier alpha value is -4.08. The largest absolute Gasteiger partial charge is 0.447 e. The SMILES string of the molecule is CC(C)(C)OC(=O)NN(C(=O)OC(C)(C)C)[C@@H](Cc1ccccc1)C(=O)N1C(=O)OC[C@@H]1Cc1ccccc1. The van der Waals surface area contributed by atoms with Crippen molar-refractivity contribution < 1.29 is 33.4 Å². The molecule has 1 aliphatic rings. The number of hydrogen-bond donors (Lipinski definition) is 1. The minimum atomic E-state index is -1.35. The summed E-state index contributed by atoms with van der Waals surface area (Å²) >= 11 is 0. The first-order chi connectivity index (χ1) is 18.2. The number of benzene rings is 2. The molecule has 0 spiro atoms. The zero-order valence-corrected chi connectivity index (χ0v) is 23.3. The third kappa shape index (κ3) is 8.73. The molecular formula is C29H37N3O7. The lowest BCUT2D eigenvalue weighted by Crippen LogP contribution is -2.61. The minimum absolute atomic E-state index is 0.00343. The Morgan fingerprint density at radius 3 is 2.00 bits per heavy atom. The number of imide groups is 1. The van der Waals surface area contributed by atoms with Gasteiger partial charge in [0, 0.05) is 6.42 Å². The standard InChI is InChI=1S/C29H37N3O7/c1-28(2,3)38-25(34)30-32(27(36)39-29(4,5)6)23(18-21-15-11-8-12-16-21)24(33)31-22(19-37-26(31)35)17-20-13-9-7-10-14-20/h7-16,22-23H,17-19H2,1-6H3,(H,30,34)/t22-,23-/m0/s1. The van der Waals surface area contributed by atoms with Gasteiger partial charge in [-0.25, -0.2) is 29.7 Å². The highest BCUT2D eigenvalue weighted by Gasteiger charge is 2.45. The first kappa shape index (κ1) is 29.5. The number of nitrogens with one attached hydrogen (secondary N) is 1. The van der Waals surface area contributed by atoms with E-state index >= 15 is 0 Å². The lowest BCUT2D eigenvalue weighted by atomic mass is 10.0. The van der Waals surface area contributed by atoms with Crippen LogP contribution in [0.1, 0.15) is 52.7 Å².